The highest BCUT2D eigenvalue weighted by Crippen LogP contribution is 2.40. The van der Waals surface area contributed by atoms with Gasteiger partial charge in [-0.15, -0.1) is 0 Å². The Morgan fingerprint density at radius 2 is 1.87 bits per heavy atom. The highest BCUT2D eigenvalue weighted by Gasteiger charge is 2.45. The Kier molecular flexibility index (Phi) is 5.24. The van der Waals surface area contributed by atoms with Gasteiger partial charge in [-0.2, -0.15) is 11.8 Å². The quantitative estimate of drug-likeness (QED) is 0.791. The molecule has 0 bridgehead atoms. The molecule has 1 saturated heterocycles. The minimum atomic E-state index is -0.206. The SMILES string of the molecule is CSC1CCC(N(C)C(=O)C2CCCCN2C(=O)C2CC2C)C1. The first kappa shape index (κ1) is 17.1. The van der Waals surface area contributed by atoms with Crippen molar-refractivity contribution >= 4 is 23.6 Å². The van der Waals surface area contributed by atoms with E-state index >= 15 is 0 Å². The summed E-state index contributed by atoms with van der Waals surface area (Å²) < 4.78 is 0. The summed E-state index contributed by atoms with van der Waals surface area (Å²) in [5, 5.41) is 0.687. The third-order valence-corrected chi connectivity index (χ3v) is 7.18. The maximum atomic E-state index is 13.0. The minimum absolute atomic E-state index is 0.179. The summed E-state index contributed by atoms with van der Waals surface area (Å²) in [5.74, 6) is 1.10. The highest BCUT2D eigenvalue weighted by atomic mass is 32.2. The number of hydrogen-bond donors (Lipinski definition) is 0. The van der Waals surface area contributed by atoms with Crippen molar-refractivity contribution in [3.63, 3.8) is 0 Å². The Morgan fingerprint density at radius 1 is 1.13 bits per heavy atom. The van der Waals surface area contributed by atoms with E-state index in [1.54, 1.807) is 0 Å². The fraction of sp³-hybridized carbons (Fsp3) is 0.889. The number of piperidine rings is 1. The lowest BCUT2D eigenvalue weighted by Gasteiger charge is -2.38. The first-order valence-electron chi connectivity index (χ1n) is 9.13. The van der Waals surface area contributed by atoms with Crippen molar-refractivity contribution < 1.29 is 9.59 Å². The number of carbonyl (C=O) groups is 2. The lowest BCUT2D eigenvalue weighted by molar-refractivity contribution is -0.149. The Balaban J connectivity index is 1.65. The van der Waals surface area contributed by atoms with Gasteiger partial charge >= 0.3 is 0 Å². The van der Waals surface area contributed by atoms with Gasteiger partial charge in [0.2, 0.25) is 11.8 Å². The van der Waals surface area contributed by atoms with Crippen LogP contribution in [-0.4, -0.2) is 58.8 Å². The van der Waals surface area contributed by atoms with Gasteiger partial charge in [0.1, 0.15) is 6.04 Å². The van der Waals surface area contributed by atoms with Gasteiger partial charge < -0.3 is 9.80 Å². The largest absolute Gasteiger partial charge is 0.341 e. The molecule has 3 fully saturated rings. The maximum absolute atomic E-state index is 13.0. The number of thioether (sulfide) groups is 1. The molecular weight excluding hydrogens is 308 g/mol. The molecule has 5 heteroatoms. The lowest BCUT2D eigenvalue weighted by atomic mass is 9.99. The number of rotatable bonds is 4. The van der Waals surface area contributed by atoms with E-state index in [1.807, 2.05) is 28.6 Å². The molecule has 0 spiro atoms. The van der Waals surface area contributed by atoms with Crippen LogP contribution < -0.4 is 0 Å². The fourth-order valence-corrected chi connectivity index (χ4v) is 5.02. The van der Waals surface area contributed by atoms with E-state index in [4.69, 9.17) is 0 Å². The highest BCUT2D eigenvalue weighted by molar-refractivity contribution is 7.99. The number of carbonyl (C=O) groups excluding carboxylic acids is 2. The van der Waals surface area contributed by atoms with Crippen LogP contribution in [0, 0.1) is 11.8 Å². The molecule has 2 saturated carbocycles. The van der Waals surface area contributed by atoms with Gasteiger partial charge in [-0.25, -0.2) is 0 Å². The summed E-state index contributed by atoms with van der Waals surface area (Å²) in [6.07, 6.45) is 9.52. The fourth-order valence-electron chi connectivity index (χ4n) is 4.23. The zero-order valence-electron chi connectivity index (χ0n) is 14.7. The average Bonchev–Trinajstić information content (AvgIpc) is 3.12. The summed E-state index contributed by atoms with van der Waals surface area (Å²) in [5.41, 5.74) is 0. The molecule has 3 aliphatic rings. The topological polar surface area (TPSA) is 40.6 Å². The second-order valence-corrected chi connectivity index (χ2v) is 8.77. The van der Waals surface area contributed by atoms with E-state index in [2.05, 4.69) is 13.2 Å². The van der Waals surface area contributed by atoms with Crippen molar-refractivity contribution in [2.24, 2.45) is 11.8 Å². The molecule has 23 heavy (non-hydrogen) atoms. The first-order valence-corrected chi connectivity index (χ1v) is 10.4. The van der Waals surface area contributed by atoms with Crippen molar-refractivity contribution in [3.05, 3.63) is 0 Å². The van der Waals surface area contributed by atoms with Crippen LogP contribution in [0.1, 0.15) is 51.9 Å². The third kappa shape index (κ3) is 3.54. The molecule has 0 aromatic rings. The van der Waals surface area contributed by atoms with Crippen LogP contribution >= 0.6 is 11.8 Å². The van der Waals surface area contributed by atoms with E-state index in [1.165, 1.54) is 6.42 Å². The normalized spacial score (nSPS) is 36.8. The summed E-state index contributed by atoms with van der Waals surface area (Å²) in [4.78, 5) is 29.6. The molecular formula is C18H30N2O2S. The van der Waals surface area contributed by atoms with E-state index < -0.39 is 0 Å². The van der Waals surface area contributed by atoms with Crippen molar-refractivity contribution in [3.8, 4) is 0 Å². The molecule has 5 unspecified atom stereocenters. The van der Waals surface area contributed by atoms with Crippen LogP contribution in [0.25, 0.3) is 0 Å². The van der Waals surface area contributed by atoms with Crippen molar-refractivity contribution in [2.75, 3.05) is 19.8 Å². The van der Waals surface area contributed by atoms with Gasteiger partial charge in [-0.05, 0) is 57.1 Å². The molecule has 5 atom stereocenters. The van der Waals surface area contributed by atoms with Crippen LogP contribution in [0.15, 0.2) is 0 Å². The first-order chi connectivity index (χ1) is 11.0. The molecule has 2 aliphatic carbocycles. The zero-order valence-corrected chi connectivity index (χ0v) is 15.5. The molecule has 130 valence electrons. The van der Waals surface area contributed by atoms with Crippen LogP contribution in [0.4, 0.5) is 0 Å². The van der Waals surface area contributed by atoms with Crippen molar-refractivity contribution in [1.82, 2.24) is 9.80 Å². The molecule has 1 aliphatic heterocycles. The number of nitrogens with zero attached hydrogens (tertiary/aromatic N) is 2. The molecule has 1 heterocycles. The minimum Gasteiger partial charge on any atom is -0.341 e. The van der Waals surface area contributed by atoms with Crippen LogP contribution in [-0.2, 0) is 9.59 Å². The maximum Gasteiger partial charge on any atom is 0.245 e. The molecule has 3 rings (SSSR count). The number of hydrogen-bond acceptors (Lipinski definition) is 3. The Bertz CT molecular complexity index is 470. The summed E-state index contributed by atoms with van der Waals surface area (Å²) in [7, 11) is 1.95. The summed E-state index contributed by atoms with van der Waals surface area (Å²) in [6, 6.07) is 0.154. The van der Waals surface area contributed by atoms with Crippen molar-refractivity contribution in [2.45, 2.75) is 69.2 Å². The molecule has 2 amide bonds. The van der Waals surface area contributed by atoms with Crippen LogP contribution in [0.2, 0.25) is 0 Å². The lowest BCUT2D eigenvalue weighted by Crippen LogP contribution is -2.54. The summed E-state index contributed by atoms with van der Waals surface area (Å²) in [6.45, 7) is 2.90. The van der Waals surface area contributed by atoms with E-state index in [9.17, 15) is 9.59 Å². The van der Waals surface area contributed by atoms with Crippen molar-refractivity contribution in [1.29, 1.82) is 0 Å². The second kappa shape index (κ2) is 7.04. The van der Waals surface area contributed by atoms with E-state index in [-0.39, 0.29) is 23.8 Å². The second-order valence-electron chi connectivity index (χ2n) is 7.64. The molecule has 0 radical (unpaired) electrons. The molecule has 0 aromatic carbocycles. The number of likely N-dealkylation sites (N-methyl/N-ethyl adjacent to an activating group) is 1. The Morgan fingerprint density at radius 3 is 2.48 bits per heavy atom. The van der Waals surface area contributed by atoms with Gasteiger partial charge in [0, 0.05) is 30.8 Å². The number of likely N-dealkylation sites (tertiary alicyclic amines) is 1. The van der Waals surface area contributed by atoms with Crippen LogP contribution in [0.5, 0.6) is 0 Å². The van der Waals surface area contributed by atoms with Crippen LogP contribution in [0.3, 0.4) is 0 Å². The Labute approximate surface area is 144 Å². The molecule has 4 nitrogen and oxygen atoms in total. The van der Waals surface area contributed by atoms with Gasteiger partial charge in [0.15, 0.2) is 0 Å². The Hall–Kier alpha value is -0.710. The van der Waals surface area contributed by atoms with E-state index in [0.29, 0.717) is 17.2 Å². The van der Waals surface area contributed by atoms with E-state index in [0.717, 1.165) is 45.1 Å². The molecule has 0 N–H and O–H groups in total. The van der Waals surface area contributed by atoms with Gasteiger partial charge in [0.05, 0.1) is 0 Å². The molecule has 0 aromatic heterocycles. The van der Waals surface area contributed by atoms with Gasteiger partial charge in [-0.1, -0.05) is 6.92 Å². The third-order valence-electron chi connectivity index (χ3n) is 6.08. The number of amides is 2. The monoisotopic (exact) mass is 338 g/mol. The predicted molar refractivity (Wildman–Crippen MR) is 94.3 cm³/mol. The van der Waals surface area contributed by atoms with Gasteiger partial charge in [0.25, 0.3) is 0 Å². The summed E-state index contributed by atoms with van der Waals surface area (Å²) >= 11 is 1.92. The standard InChI is InChI=1S/C18H30N2O2S/c1-12-10-15(12)17(21)20-9-5-4-6-16(20)18(22)19(2)13-7-8-14(11-13)23-3/h12-16H,4-11H2,1-3H3. The average molecular weight is 339 g/mol. The zero-order chi connectivity index (χ0) is 16.6. The smallest absolute Gasteiger partial charge is 0.245 e. The van der Waals surface area contributed by atoms with Gasteiger partial charge in [-0.3, -0.25) is 9.59 Å². The predicted octanol–water partition coefficient (Wildman–Crippen LogP) is 2.77.